The molecular formula is C21H19F3N2O5S2. The van der Waals surface area contributed by atoms with Crippen LogP contribution in [0.5, 0.6) is 5.75 Å². The fourth-order valence-electron chi connectivity index (χ4n) is 2.97. The molecule has 176 valence electrons. The number of aromatic carboxylic acids is 1. The maximum Gasteiger partial charge on any atom is 0.573 e. The average molecular weight is 501 g/mol. The van der Waals surface area contributed by atoms with Gasteiger partial charge in [-0.2, -0.15) is 0 Å². The minimum atomic E-state index is -4.77. The molecule has 0 aliphatic rings. The standard InChI is InChI=1S/C21H19F3N2O5S2/c1-12-3-8-16(11-17(12)20(27)28)33(29,30)25-10-9-18-13(2)32-19(26-18)14-4-6-15(7-5-14)31-21(22,23)24/h3-8,11,25H,9-10H2,1-2H3,(H,27,28). The number of carboxylic acid groups (broad SMARTS) is 1. The van der Waals surface area contributed by atoms with Crippen molar-refractivity contribution in [1.29, 1.82) is 0 Å². The number of aromatic nitrogens is 1. The quantitative estimate of drug-likeness (QED) is 0.470. The summed E-state index contributed by atoms with van der Waals surface area (Å²) in [4.78, 5) is 16.4. The van der Waals surface area contributed by atoms with E-state index in [1.165, 1.54) is 47.7 Å². The fourth-order valence-corrected chi connectivity index (χ4v) is 4.99. The molecule has 0 radical (unpaired) electrons. The van der Waals surface area contributed by atoms with Crippen molar-refractivity contribution >= 4 is 27.3 Å². The molecule has 3 aromatic rings. The van der Waals surface area contributed by atoms with Gasteiger partial charge in [0, 0.05) is 23.4 Å². The van der Waals surface area contributed by atoms with Crippen LogP contribution in [-0.2, 0) is 16.4 Å². The average Bonchev–Trinajstić information content (AvgIpc) is 3.07. The molecule has 1 aromatic heterocycles. The molecule has 2 N–H and O–H groups in total. The van der Waals surface area contributed by atoms with Crippen LogP contribution < -0.4 is 9.46 Å². The van der Waals surface area contributed by atoms with Crippen molar-refractivity contribution in [3.63, 3.8) is 0 Å². The van der Waals surface area contributed by atoms with Crippen molar-refractivity contribution in [2.75, 3.05) is 6.54 Å². The summed E-state index contributed by atoms with van der Waals surface area (Å²) < 4.78 is 68.3. The summed E-state index contributed by atoms with van der Waals surface area (Å²) in [6.45, 7) is 3.42. The van der Waals surface area contributed by atoms with Crippen LogP contribution in [0.1, 0.15) is 26.5 Å². The van der Waals surface area contributed by atoms with Gasteiger partial charge in [-0.05, 0) is 55.8 Å². The van der Waals surface area contributed by atoms with Gasteiger partial charge < -0.3 is 9.84 Å². The molecule has 3 rings (SSSR count). The third-order valence-electron chi connectivity index (χ3n) is 4.63. The topological polar surface area (TPSA) is 106 Å². The SMILES string of the molecule is Cc1ccc(S(=O)(=O)NCCc2nc(-c3ccc(OC(F)(F)F)cc3)sc2C)cc1C(=O)O. The van der Waals surface area contributed by atoms with Gasteiger partial charge in [0.1, 0.15) is 10.8 Å². The highest BCUT2D eigenvalue weighted by atomic mass is 32.2. The van der Waals surface area contributed by atoms with Gasteiger partial charge in [-0.25, -0.2) is 22.9 Å². The Labute approximate surface area is 191 Å². The minimum absolute atomic E-state index is 0.0288. The smallest absolute Gasteiger partial charge is 0.478 e. The number of nitrogens with zero attached hydrogens (tertiary/aromatic N) is 1. The molecule has 0 bridgehead atoms. The number of benzene rings is 2. The van der Waals surface area contributed by atoms with Crippen molar-refractivity contribution in [3.05, 3.63) is 64.2 Å². The third-order valence-corrected chi connectivity index (χ3v) is 7.15. The lowest BCUT2D eigenvalue weighted by Crippen LogP contribution is -2.26. The second kappa shape index (κ2) is 9.49. The predicted octanol–water partition coefficient (Wildman–Crippen LogP) is 4.54. The number of hydrogen-bond acceptors (Lipinski definition) is 6. The van der Waals surface area contributed by atoms with Crippen molar-refractivity contribution in [3.8, 4) is 16.3 Å². The van der Waals surface area contributed by atoms with E-state index in [9.17, 15) is 31.5 Å². The lowest BCUT2D eigenvalue weighted by atomic mass is 10.1. The van der Waals surface area contributed by atoms with Crippen LogP contribution in [-0.4, -0.2) is 37.4 Å². The van der Waals surface area contributed by atoms with Crippen molar-refractivity contribution in [2.24, 2.45) is 0 Å². The van der Waals surface area contributed by atoms with Crippen LogP contribution in [0.2, 0.25) is 0 Å². The van der Waals surface area contributed by atoms with Crippen LogP contribution in [0.25, 0.3) is 10.6 Å². The molecule has 12 heteroatoms. The molecule has 33 heavy (non-hydrogen) atoms. The molecule has 0 aliphatic carbocycles. The first-order chi connectivity index (χ1) is 15.4. The predicted molar refractivity (Wildman–Crippen MR) is 116 cm³/mol. The molecule has 1 heterocycles. The Balaban J connectivity index is 1.67. The summed E-state index contributed by atoms with van der Waals surface area (Å²) in [5.41, 5.74) is 1.60. The number of hydrogen-bond donors (Lipinski definition) is 2. The maximum atomic E-state index is 12.5. The number of carbonyl (C=O) groups is 1. The number of aryl methyl sites for hydroxylation is 2. The van der Waals surface area contributed by atoms with Gasteiger partial charge in [0.25, 0.3) is 0 Å². The zero-order valence-electron chi connectivity index (χ0n) is 17.4. The van der Waals surface area contributed by atoms with E-state index in [4.69, 9.17) is 0 Å². The Morgan fingerprint density at radius 1 is 1.15 bits per heavy atom. The van der Waals surface area contributed by atoms with Crippen LogP contribution in [0.15, 0.2) is 47.4 Å². The number of halogens is 3. The second-order valence-corrected chi connectivity index (χ2v) is 9.99. The molecule has 0 saturated heterocycles. The molecule has 0 aliphatic heterocycles. The van der Waals surface area contributed by atoms with Gasteiger partial charge in [-0.15, -0.1) is 24.5 Å². The number of thiazole rings is 1. The lowest BCUT2D eigenvalue weighted by Gasteiger charge is -2.09. The van der Waals surface area contributed by atoms with Crippen molar-refractivity contribution < 1.29 is 36.2 Å². The summed E-state index contributed by atoms with van der Waals surface area (Å²) in [6.07, 6.45) is -4.50. The highest BCUT2D eigenvalue weighted by Crippen LogP contribution is 2.30. The fraction of sp³-hybridized carbons (Fsp3) is 0.238. The number of ether oxygens (including phenoxy) is 1. The molecule has 0 amide bonds. The molecule has 2 aromatic carbocycles. The van der Waals surface area contributed by atoms with E-state index in [-0.39, 0.29) is 29.2 Å². The maximum absolute atomic E-state index is 12.5. The third kappa shape index (κ3) is 6.30. The van der Waals surface area contributed by atoms with Crippen molar-refractivity contribution in [2.45, 2.75) is 31.5 Å². The Bertz CT molecular complexity index is 1270. The Hall–Kier alpha value is -2.96. The molecule has 0 saturated carbocycles. The van der Waals surface area contributed by atoms with Crippen LogP contribution in [0.3, 0.4) is 0 Å². The first-order valence-corrected chi connectivity index (χ1v) is 11.8. The monoisotopic (exact) mass is 500 g/mol. The highest BCUT2D eigenvalue weighted by molar-refractivity contribution is 7.89. The summed E-state index contributed by atoms with van der Waals surface area (Å²) in [5, 5.41) is 9.77. The molecule has 7 nitrogen and oxygen atoms in total. The van der Waals surface area contributed by atoms with E-state index in [2.05, 4.69) is 14.4 Å². The summed E-state index contributed by atoms with van der Waals surface area (Å²) in [6, 6.07) is 9.19. The second-order valence-electron chi connectivity index (χ2n) is 7.02. The first kappa shape index (κ1) is 24.7. The number of sulfonamides is 1. The highest BCUT2D eigenvalue weighted by Gasteiger charge is 2.31. The van der Waals surface area contributed by atoms with E-state index >= 15 is 0 Å². The Morgan fingerprint density at radius 2 is 1.82 bits per heavy atom. The largest absolute Gasteiger partial charge is 0.573 e. The van der Waals surface area contributed by atoms with Gasteiger partial charge in [0.15, 0.2) is 0 Å². The summed E-state index contributed by atoms with van der Waals surface area (Å²) in [7, 11) is -3.92. The van der Waals surface area contributed by atoms with Crippen LogP contribution in [0.4, 0.5) is 13.2 Å². The van der Waals surface area contributed by atoms with Gasteiger partial charge in [0.2, 0.25) is 10.0 Å². The zero-order valence-corrected chi connectivity index (χ0v) is 19.1. The van der Waals surface area contributed by atoms with Crippen molar-refractivity contribution in [1.82, 2.24) is 9.71 Å². The Kier molecular flexibility index (Phi) is 7.10. The number of alkyl halides is 3. The van der Waals surface area contributed by atoms with E-state index in [1.807, 2.05) is 6.92 Å². The van der Waals surface area contributed by atoms with E-state index in [1.54, 1.807) is 6.92 Å². The number of carboxylic acids is 1. The summed E-state index contributed by atoms with van der Waals surface area (Å²) in [5.74, 6) is -1.55. The lowest BCUT2D eigenvalue weighted by molar-refractivity contribution is -0.274. The Morgan fingerprint density at radius 3 is 2.42 bits per heavy atom. The molecule has 0 spiro atoms. The van der Waals surface area contributed by atoms with Gasteiger partial charge in [-0.3, -0.25) is 0 Å². The molecule has 0 atom stereocenters. The minimum Gasteiger partial charge on any atom is -0.478 e. The van der Waals surface area contributed by atoms with Gasteiger partial charge >= 0.3 is 12.3 Å². The molecular weight excluding hydrogens is 481 g/mol. The van der Waals surface area contributed by atoms with E-state index in [0.717, 1.165) is 10.9 Å². The van der Waals surface area contributed by atoms with Gasteiger partial charge in [-0.1, -0.05) is 6.07 Å². The van der Waals surface area contributed by atoms with E-state index in [0.29, 0.717) is 21.8 Å². The van der Waals surface area contributed by atoms with Crippen LogP contribution in [0, 0.1) is 13.8 Å². The normalized spacial score (nSPS) is 12.0. The number of rotatable bonds is 8. The van der Waals surface area contributed by atoms with E-state index < -0.39 is 22.4 Å². The zero-order chi connectivity index (χ0) is 24.4. The van der Waals surface area contributed by atoms with Gasteiger partial charge in [0.05, 0.1) is 16.2 Å². The number of nitrogens with one attached hydrogen (secondary N) is 1. The summed E-state index contributed by atoms with van der Waals surface area (Å²) >= 11 is 1.33. The first-order valence-electron chi connectivity index (χ1n) is 9.52. The molecule has 0 fully saturated rings. The molecule has 0 unspecified atom stereocenters. The van der Waals surface area contributed by atoms with Crippen LogP contribution >= 0.6 is 11.3 Å².